The summed E-state index contributed by atoms with van der Waals surface area (Å²) in [5.74, 6) is 0.808. The number of nitrogens with zero attached hydrogens (tertiary/aromatic N) is 6. The number of urea groups is 1. The number of hydrogen-bond acceptors (Lipinski definition) is 5. The molecular formula is C22H24N8O. The molecule has 2 aliphatic carbocycles. The third-order valence-corrected chi connectivity index (χ3v) is 7.16. The van der Waals surface area contributed by atoms with E-state index in [0.29, 0.717) is 24.3 Å². The summed E-state index contributed by atoms with van der Waals surface area (Å²) < 4.78 is 1.99. The average Bonchev–Trinajstić information content (AvgIpc) is 3.17. The molecular weight excluding hydrogens is 392 g/mol. The Kier molecular flexibility index (Phi) is 4.03. The molecule has 0 bridgehead atoms. The molecule has 0 aromatic carbocycles. The smallest absolute Gasteiger partial charge is 0.317 e. The number of aromatic amines is 1. The van der Waals surface area contributed by atoms with Crippen molar-refractivity contribution in [2.45, 2.75) is 43.7 Å². The Morgan fingerprint density at radius 2 is 2.10 bits per heavy atom. The van der Waals surface area contributed by atoms with E-state index in [0.717, 1.165) is 61.1 Å². The number of fused-ring (bicyclic) bond motifs is 2. The van der Waals surface area contributed by atoms with E-state index in [1.165, 1.54) is 0 Å². The average molecular weight is 416 g/mol. The van der Waals surface area contributed by atoms with Crippen LogP contribution >= 0.6 is 0 Å². The van der Waals surface area contributed by atoms with Crippen LogP contribution < -0.4 is 5.32 Å². The predicted molar refractivity (Wildman–Crippen MR) is 113 cm³/mol. The number of rotatable bonds is 4. The van der Waals surface area contributed by atoms with Crippen molar-refractivity contribution < 1.29 is 4.79 Å². The molecule has 0 spiro atoms. The van der Waals surface area contributed by atoms with Gasteiger partial charge in [0.25, 0.3) is 0 Å². The number of likely N-dealkylation sites (tertiary alicyclic amines) is 1. The lowest BCUT2D eigenvalue weighted by Crippen LogP contribution is -2.41. The highest BCUT2D eigenvalue weighted by molar-refractivity contribution is 5.90. The van der Waals surface area contributed by atoms with Crippen LogP contribution in [0.2, 0.25) is 0 Å². The summed E-state index contributed by atoms with van der Waals surface area (Å²) in [5.41, 5.74) is 2.23. The summed E-state index contributed by atoms with van der Waals surface area (Å²) in [6.07, 6.45) is 11.6. The molecule has 1 unspecified atom stereocenters. The molecule has 4 heterocycles. The van der Waals surface area contributed by atoms with Crippen LogP contribution in [0.5, 0.6) is 0 Å². The minimum absolute atomic E-state index is 0.0726. The Morgan fingerprint density at radius 3 is 2.84 bits per heavy atom. The van der Waals surface area contributed by atoms with Crippen LogP contribution in [0.25, 0.3) is 22.3 Å². The van der Waals surface area contributed by atoms with Gasteiger partial charge in [0.1, 0.15) is 12.0 Å². The highest BCUT2D eigenvalue weighted by atomic mass is 16.2. The summed E-state index contributed by atoms with van der Waals surface area (Å²) in [6, 6.07) is 4.81. The van der Waals surface area contributed by atoms with E-state index in [1.807, 2.05) is 34.2 Å². The summed E-state index contributed by atoms with van der Waals surface area (Å²) in [5, 5.41) is 18.4. The standard InChI is InChI=1S/C22H24N8O/c23-5-4-22(7-14-10-29(11-15(14)8-22)21(31)28-17-1-2-17)30-12-16(9-27-30)19-18-3-6-24-20(18)26-13-25-19/h3,6,9,12-15,17H,1-2,4,7-8,10-11H2,(H,28,31)(H,24,25,26)/t14-,15+,22?. The fourth-order valence-corrected chi connectivity index (χ4v) is 5.49. The zero-order chi connectivity index (χ0) is 21.0. The first-order valence-electron chi connectivity index (χ1n) is 10.9. The maximum Gasteiger partial charge on any atom is 0.317 e. The molecule has 9 heteroatoms. The Balaban J connectivity index is 1.25. The van der Waals surface area contributed by atoms with E-state index in [9.17, 15) is 10.1 Å². The highest BCUT2D eigenvalue weighted by Gasteiger charge is 2.51. The number of nitrogens with one attached hydrogen (secondary N) is 2. The van der Waals surface area contributed by atoms with Crippen molar-refractivity contribution in [2.24, 2.45) is 11.8 Å². The minimum atomic E-state index is -0.328. The normalized spacial score (nSPS) is 27.4. The molecule has 3 aromatic heterocycles. The van der Waals surface area contributed by atoms with Gasteiger partial charge in [0.15, 0.2) is 0 Å². The first-order valence-corrected chi connectivity index (χ1v) is 10.9. The number of carbonyl (C=O) groups excluding carboxylic acids is 1. The molecule has 3 fully saturated rings. The third kappa shape index (κ3) is 3.05. The lowest BCUT2D eigenvalue weighted by atomic mass is 9.92. The maximum atomic E-state index is 12.5. The summed E-state index contributed by atoms with van der Waals surface area (Å²) in [7, 11) is 0. The Hall–Kier alpha value is -3.41. The third-order valence-electron chi connectivity index (χ3n) is 7.16. The summed E-state index contributed by atoms with van der Waals surface area (Å²) in [6.45, 7) is 1.53. The molecule has 2 saturated carbocycles. The lowest BCUT2D eigenvalue weighted by Gasteiger charge is -2.29. The summed E-state index contributed by atoms with van der Waals surface area (Å²) in [4.78, 5) is 26.3. The van der Waals surface area contributed by atoms with Gasteiger partial charge in [0.05, 0.1) is 29.9 Å². The fraction of sp³-hybridized carbons (Fsp3) is 0.500. The van der Waals surface area contributed by atoms with Gasteiger partial charge < -0.3 is 15.2 Å². The van der Waals surface area contributed by atoms with Gasteiger partial charge in [-0.2, -0.15) is 10.4 Å². The second-order valence-corrected chi connectivity index (χ2v) is 9.25. The molecule has 3 atom stereocenters. The quantitative estimate of drug-likeness (QED) is 0.678. The van der Waals surface area contributed by atoms with Crippen LogP contribution in [0.15, 0.2) is 31.0 Å². The molecule has 6 rings (SSSR count). The van der Waals surface area contributed by atoms with Crippen LogP contribution in [-0.2, 0) is 5.54 Å². The summed E-state index contributed by atoms with van der Waals surface area (Å²) >= 11 is 0. The Morgan fingerprint density at radius 1 is 1.29 bits per heavy atom. The topological polar surface area (TPSA) is 116 Å². The molecule has 2 N–H and O–H groups in total. The largest absolute Gasteiger partial charge is 0.346 e. The van der Waals surface area contributed by atoms with Crippen molar-refractivity contribution in [1.29, 1.82) is 5.26 Å². The molecule has 9 nitrogen and oxygen atoms in total. The zero-order valence-corrected chi connectivity index (χ0v) is 17.2. The van der Waals surface area contributed by atoms with Crippen molar-refractivity contribution >= 4 is 17.1 Å². The number of H-pyrrole nitrogens is 1. The van der Waals surface area contributed by atoms with Gasteiger partial charge in [-0.3, -0.25) is 4.68 Å². The predicted octanol–water partition coefficient (Wildman–Crippen LogP) is 2.64. The van der Waals surface area contributed by atoms with Gasteiger partial charge in [0.2, 0.25) is 0 Å². The van der Waals surface area contributed by atoms with Gasteiger partial charge in [0, 0.05) is 42.5 Å². The van der Waals surface area contributed by atoms with Gasteiger partial charge in [-0.05, 0) is 43.6 Å². The van der Waals surface area contributed by atoms with Crippen LogP contribution in [-0.4, -0.2) is 54.8 Å². The van der Waals surface area contributed by atoms with E-state index in [1.54, 1.807) is 6.33 Å². The van der Waals surface area contributed by atoms with E-state index in [-0.39, 0.29) is 11.6 Å². The van der Waals surface area contributed by atoms with E-state index in [4.69, 9.17) is 0 Å². The van der Waals surface area contributed by atoms with Crippen LogP contribution in [0.4, 0.5) is 4.79 Å². The van der Waals surface area contributed by atoms with Crippen molar-refractivity contribution in [2.75, 3.05) is 13.1 Å². The van der Waals surface area contributed by atoms with Gasteiger partial charge in [-0.1, -0.05) is 0 Å². The first kappa shape index (κ1) is 18.4. The second-order valence-electron chi connectivity index (χ2n) is 9.25. The van der Waals surface area contributed by atoms with Gasteiger partial charge in [-0.15, -0.1) is 0 Å². The van der Waals surface area contributed by atoms with Crippen molar-refractivity contribution in [1.82, 2.24) is 34.9 Å². The highest BCUT2D eigenvalue weighted by Crippen LogP contribution is 2.49. The molecule has 3 aliphatic rings. The van der Waals surface area contributed by atoms with Crippen molar-refractivity contribution in [3.8, 4) is 17.3 Å². The van der Waals surface area contributed by atoms with E-state index < -0.39 is 0 Å². The number of amides is 2. The number of hydrogen-bond donors (Lipinski definition) is 2. The molecule has 0 radical (unpaired) electrons. The maximum absolute atomic E-state index is 12.5. The number of carbonyl (C=O) groups is 1. The molecule has 158 valence electrons. The van der Waals surface area contributed by atoms with E-state index in [2.05, 4.69) is 31.4 Å². The first-order chi connectivity index (χ1) is 15.1. The minimum Gasteiger partial charge on any atom is -0.346 e. The fourth-order valence-electron chi connectivity index (χ4n) is 5.49. The Labute approximate surface area is 179 Å². The lowest BCUT2D eigenvalue weighted by molar-refractivity contribution is 0.192. The monoisotopic (exact) mass is 416 g/mol. The number of aromatic nitrogens is 5. The van der Waals surface area contributed by atoms with Crippen molar-refractivity contribution in [3.05, 3.63) is 31.0 Å². The van der Waals surface area contributed by atoms with Gasteiger partial charge in [-0.25, -0.2) is 14.8 Å². The molecule has 3 aromatic rings. The van der Waals surface area contributed by atoms with Crippen LogP contribution in [0.1, 0.15) is 32.1 Å². The van der Waals surface area contributed by atoms with Crippen LogP contribution in [0.3, 0.4) is 0 Å². The molecule has 1 aliphatic heterocycles. The zero-order valence-electron chi connectivity index (χ0n) is 17.2. The van der Waals surface area contributed by atoms with Crippen molar-refractivity contribution in [3.63, 3.8) is 0 Å². The SMILES string of the molecule is N#CCC1(n2cc(-c3ncnc4[nH]ccc34)cn2)C[C@H]2CN(C(=O)NC3CC3)C[C@H]2C1. The second kappa shape index (κ2) is 6.80. The van der Waals surface area contributed by atoms with E-state index >= 15 is 0 Å². The molecule has 2 amide bonds. The van der Waals surface area contributed by atoms with Crippen LogP contribution in [0, 0.1) is 23.2 Å². The molecule has 31 heavy (non-hydrogen) atoms. The number of nitriles is 1. The van der Waals surface area contributed by atoms with Gasteiger partial charge >= 0.3 is 6.03 Å². The Bertz CT molecular complexity index is 1170. The molecule has 1 saturated heterocycles.